The predicted molar refractivity (Wildman–Crippen MR) is 79.9 cm³/mol. The van der Waals surface area contributed by atoms with Crippen LogP contribution in [0.15, 0.2) is 42.5 Å². The number of para-hydroxylation sites is 2. The molecule has 0 spiro atoms. The normalized spacial score (nSPS) is 10.7. The fourth-order valence-electron chi connectivity index (χ4n) is 1.99. The van der Waals surface area contributed by atoms with Gasteiger partial charge in [0.2, 0.25) is 0 Å². The van der Waals surface area contributed by atoms with E-state index in [1.54, 1.807) is 12.1 Å². The molecule has 0 amide bonds. The van der Waals surface area contributed by atoms with Gasteiger partial charge in [-0.3, -0.25) is 0 Å². The smallest absolute Gasteiger partial charge is 0.265 e. The average Bonchev–Trinajstić information content (AvgIpc) is 2.41. The number of benzene rings is 2. The molecule has 0 atom stereocenters. The lowest BCUT2D eigenvalue weighted by Crippen LogP contribution is -2.11. The Hall–Kier alpha value is -2.30. The fraction of sp³-hybridized carbons (Fsp3) is 0.200. The van der Waals surface area contributed by atoms with E-state index in [0.29, 0.717) is 11.4 Å². The van der Waals surface area contributed by atoms with E-state index in [1.165, 1.54) is 6.07 Å². The van der Waals surface area contributed by atoms with Crippen molar-refractivity contribution in [2.24, 2.45) is 0 Å². The molecule has 0 aliphatic heterocycles. The quantitative estimate of drug-likeness (QED) is 0.829. The molecule has 2 aromatic rings. The van der Waals surface area contributed by atoms with Crippen LogP contribution < -0.4 is 16.0 Å². The molecule has 0 heterocycles. The molecule has 2 rings (SSSR count). The van der Waals surface area contributed by atoms with Crippen LogP contribution in [0, 0.1) is 0 Å². The Bertz CT molecular complexity index is 597. The van der Waals surface area contributed by atoms with Crippen molar-refractivity contribution in [1.82, 2.24) is 0 Å². The summed E-state index contributed by atoms with van der Waals surface area (Å²) in [5, 5.41) is 3.05. The summed E-state index contributed by atoms with van der Waals surface area (Å²) < 4.78 is 26.1. The molecule has 3 N–H and O–H groups in total. The van der Waals surface area contributed by atoms with Gasteiger partial charge in [-0.15, -0.1) is 0 Å². The first-order valence-electron chi connectivity index (χ1n) is 6.20. The summed E-state index contributed by atoms with van der Waals surface area (Å²) in [7, 11) is 3.80. The number of hydrogen-bond donors (Lipinski definition) is 2. The Morgan fingerprint density at radius 3 is 2.40 bits per heavy atom. The third-order valence-corrected chi connectivity index (χ3v) is 2.97. The second-order valence-corrected chi connectivity index (χ2v) is 4.68. The highest BCUT2D eigenvalue weighted by Gasteiger charge is 2.14. The van der Waals surface area contributed by atoms with Crippen LogP contribution in [0.2, 0.25) is 0 Å². The number of nitrogens with zero attached hydrogens (tertiary/aromatic N) is 1. The molecule has 2 aromatic carbocycles. The minimum Gasteiger partial charge on any atom is -0.399 e. The second kappa shape index (κ2) is 5.77. The highest BCUT2D eigenvalue weighted by Crippen LogP contribution is 2.33. The number of alkyl halides is 2. The molecular weight excluding hydrogens is 260 g/mol. The predicted octanol–water partition coefficient (Wildman–Crippen LogP) is 4.02. The van der Waals surface area contributed by atoms with Gasteiger partial charge in [0.15, 0.2) is 0 Å². The van der Waals surface area contributed by atoms with Crippen LogP contribution in [0.1, 0.15) is 12.0 Å². The largest absolute Gasteiger partial charge is 0.399 e. The summed E-state index contributed by atoms with van der Waals surface area (Å²) in [4.78, 5) is 1.92. The van der Waals surface area contributed by atoms with Crippen LogP contribution in [-0.2, 0) is 0 Å². The summed E-state index contributed by atoms with van der Waals surface area (Å²) in [6, 6.07) is 12.0. The molecular formula is C15H17F2N3. The molecule has 0 radical (unpaired) electrons. The minimum atomic E-state index is -2.58. The van der Waals surface area contributed by atoms with Crippen molar-refractivity contribution in [3.8, 4) is 0 Å². The van der Waals surface area contributed by atoms with Gasteiger partial charge in [0.1, 0.15) is 0 Å². The summed E-state index contributed by atoms with van der Waals surface area (Å²) in [6.45, 7) is 0. The first-order valence-corrected chi connectivity index (χ1v) is 6.20. The SMILES string of the molecule is CN(C)c1ccccc1Nc1ccc(N)cc1C(F)F. The van der Waals surface area contributed by atoms with Gasteiger partial charge in [0.05, 0.1) is 11.4 Å². The van der Waals surface area contributed by atoms with E-state index in [1.807, 2.05) is 43.3 Å². The molecule has 0 fully saturated rings. The van der Waals surface area contributed by atoms with E-state index in [-0.39, 0.29) is 5.56 Å². The van der Waals surface area contributed by atoms with Gasteiger partial charge in [-0.05, 0) is 30.3 Å². The van der Waals surface area contributed by atoms with Crippen molar-refractivity contribution in [3.05, 3.63) is 48.0 Å². The molecule has 0 saturated carbocycles. The Kier molecular flexibility index (Phi) is 4.08. The van der Waals surface area contributed by atoms with Crippen LogP contribution in [0.25, 0.3) is 0 Å². The van der Waals surface area contributed by atoms with Crippen LogP contribution in [0.5, 0.6) is 0 Å². The van der Waals surface area contributed by atoms with E-state index in [9.17, 15) is 8.78 Å². The zero-order chi connectivity index (χ0) is 14.7. The monoisotopic (exact) mass is 277 g/mol. The third-order valence-electron chi connectivity index (χ3n) is 2.97. The Morgan fingerprint density at radius 1 is 1.05 bits per heavy atom. The van der Waals surface area contributed by atoms with Gasteiger partial charge in [0, 0.05) is 31.0 Å². The van der Waals surface area contributed by atoms with Gasteiger partial charge in [-0.1, -0.05) is 12.1 Å². The first kappa shape index (κ1) is 14.1. The molecule has 5 heteroatoms. The highest BCUT2D eigenvalue weighted by molar-refractivity contribution is 5.76. The number of nitrogen functional groups attached to an aromatic ring is 1. The van der Waals surface area contributed by atoms with Gasteiger partial charge < -0.3 is 16.0 Å². The summed E-state index contributed by atoms with van der Waals surface area (Å²) in [5.74, 6) is 0. The maximum absolute atomic E-state index is 13.1. The summed E-state index contributed by atoms with van der Waals surface area (Å²) in [5.41, 5.74) is 7.85. The van der Waals surface area contributed by atoms with E-state index >= 15 is 0 Å². The van der Waals surface area contributed by atoms with Crippen LogP contribution >= 0.6 is 0 Å². The topological polar surface area (TPSA) is 41.3 Å². The lowest BCUT2D eigenvalue weighted by Gasteiger charge is -2.19. The van der Waals surface area contributed by atoms with E-state index in [2.05, 4.69) is 5.32 Å². The number of halogens is 2. The Morgan fingerprint density at radius 2 is 1.75 bits per heavy atom. The Balaban J connectivity index is 2.40. The number of nitrogens with two attached hydrogens (primary N) is 1. The molecule has 20 heavy (non-hydrogen) atoms. The molecule has 0 aromatic heterocycles. The number of rotatable bonds is 4. The molecule has 0 bridgehead atoms. The zero-order valence-corrected chi connectivity index (χ0v) is 11.4. The summed E-state index contributed by atoms with van der Waals surface area (Å²) in [6.07, 6.45) is -2.58. The standard InChI is InChI=1S/C15H17F2N3/c1-20(2)14-6-4-3-5-13(14)19-12-8-7-10(18)9-11(12)15(16)17/h3-9,15,19H,18H2,1-2H3. The zero-order valence-electron chi connectivity index (χ0n) is 11.4. The van der Waals surface area contributed by atoms with E-state index in [0.717, 1.165) is 11.4 Å². The van der Waals surface area contributed by atoms with Crippen molar-refractivity contribution in [2.45, 2.75) is 6.43 Å². The van der Waals surface area contributed by atoms with Crippen molar-refractivity contribution in [2.75, 3.05) is 30.0 Å². The molecule has 0 saturated heterocycles. The van der Waals surface area contributed by atoms with Gasteiger partial charge in [0.25, 0.3) is 6.43 Å². The number of nitrogens with one attached hydrogen (secondary N) is 1. The van der Waals surface area contributed by atoms with Crippen LogP contribution in [0.4, 0.5) is 31.5 Å². The maximum Gasteiger partial charge on any atom is 0.265 e. The van der Waals surface area contributed by atoms with Crippen molar-refractivity contribution >= 4 is 22.7 Å². The van der Waals surface area contributed by atoms with Crippen LogP contribution in [-0.4, -0.2) is 14.1 Å². The van der Waals surface area contributed by atoms with Gasteiger partial charge >= 0.3 is 0 Å². The lowest BCUT2D eigenvalue weighted by molar-refractivity contribution is 0.152. The van der Waals surface area contributed by atoms with Gasteiger partial charge in [-0.25, -0.2) is 8.78 Å². The third kappa shape index (κ3) is 2.99. The first-order chi connectivity index (χ1) is 9.49. The fourth-order valence-corrected chi connectivity index (χ4v) is 1.99. The van der Waals surface area contributed by atoms with Gasteiger partial charge in [-0.2, -0.15) is 0 Å². The van der Waals surface area contributed by atoms with E-state index < -0.39 is 6.43 Å². The summed E-state index contributed by atoms with van der Waals surface area (Å²) >= 11 is 0. The average molecular weight is 277 g/mol. The van der Waals surface area contributed by atoms with Crippen molar-refractivity contribution in [3.63, 3.8) is 0 Å². The maximum atomic E-state index is 13.1. The highest BCUT2D eigenvalue weighted by atomic mass is 19.3. The second-order valence-electron chi connectivity index (χ2n) is 4.68. The molecule has 106 valence electrons. The number of hydrogen-bond acceptors (Lipinski definition) is 3. The van der Waals surface area contributed by atoms with Crippen molar-refractivity contribution < 1.29 is 8.78 Å². The molecule has 0 unspecified atom stereocenters. The molecule has 3 nitrogen and oxygen atoms in total. The molecule has 0 aliphatic rings. The Labute approximate surface area is 117 Å². The van der Waals surface area contributed by atoms with E-state index in [4.69, 9.17) is 5.73 Å². The lowest BCUT2D eigenvalue weighted by atomic mass is 10.1. The van der Waals surface area contributed by atoms with Crippen molar-refractivity contribution in [1.29, 1.82) is 0 Å². The minimum absolute atomic E-state index is 0.0986. The molecule has 0 aliphatic carbocycles. The number of anilines is 4. The van der Waals surface area contributed by atoms with Crippen LogP contribution in [0.3, 0.4) is 0 Å².